The highest BCUT2D eigenvalue weighted by atomic mass is 19.2. The van der Waals surface area contributed by atoms with Gasteiger partial charge in [-0.2, -0.15) is 0 Å². The number of hydrogen-bond acceptors (Lipinski definition) is 3. The molecule has 1 heterocycles. The average Bonchev–Trinajstić information content (AvgIpc) is 2.37. The molecule has 1 aromatic heterocycles. The molecule has 0 amide bonds. The Morgan fingerprint density at radius 1 is 0.895 bits per heavy atom. The number of benzene rings is 1. The number of rotatable bonds is 2. The van der Waals surface area contributed by atoms with Crippen LogP contribution in [0.2, 0.25) is 0 Å². The van der Waals surface area contributed by atoms with Gasteiger partial charge in [-0.3, -0.25) is 0 Å². The summed E-state index contributed by atoms with van der Waals surface area (Å²) in [5, 5.41) is 10.6. The van der Waals surface area contributed by atoms with Crippen molar-refractivity contribution in [3.05, 3.63) is 40.7 Å². The van der Waals surface area contributed by atoms with E-state index in [9.17, 15) is 13.2 Å². The number of aromatic nitrogens is 2. The molecule has 0 spiro atoms. The van der Waals surface area contributed by atoms with E-state index in [2.05, 4.69) is 15.5 Å². The Morgan fingerprint density at radius 3 is 2.16 bits per heavy atom. The lowest BCUT2D eigenvalue weighted by molar-refractivity contribution is 0.496. The molecule has 2 rings (SSSR count). The molecule has 0 aliphatic heterocycles. The summed E-state index contributed by atoms with van der Waals surface area (Å²) in [6.45, 7) is 3.51. The van der Waals surface area contributed by atoms with Gasteiger partial charge in [-0.15, -0.1) is 10.2 Å². The van der Waals surface area contributed by atoms with Crippen LogP contribution in [0.4, 0.5) is 19.0 Å². The van der Waals surface area contributed by atoms with Crippen LogP contribution in [0.3, 0.4) is 0 Å². The molecule has 6 heteroatoms. The van der Waals surface area contributed by atoms with Crippen LogP contribution in [-0.4, -0.2) is 17.2 Å². The molecule has 0 fully saturated rings. The lowest BCUT2D eigenvalue weighted by Gasteiger charge is -2.11. The van der Waals surface area contributed by atoms with Gasteiger partial charge in [0, 0.05) is 18.7 Å². The molecule has 0 unspecified atom stereocenters. The Labute approximate surface area is 108 Å². The second-order valence-electron chi connectivity index (χ2n) is 4.14. The molecule has 3 nitrogen and oxygen atoms in total. The molecule has 1 N–H and O–H groups in total. The number of halogens is 3. The van der Waals surface area contributed by atoms with E-state index >= 15 is 0 Å². The zero-order valence-corrected chi connectivity index (χ0v) is 10.7. The number of nitrogens with one attached hydrogen (secondary N) is 1. The van der Waals surface area contributed by atoms with Crippen LogP contribution in [0.5, 0.6) is 0 Å². The maximum absolute atomic E-state index is 13.7. The smallest absolute Gasteiger partial charge is 0.161 e. The quantitative estimate of drug-likeness (QED) is 0.849. The highest BCUT2D eigenvalue weighted by Crippen LogP contribution is 2.29. The van der Waals surface area contributed by atoms with Crippen molar-refractivity contribution in [3.8, 4) is 11.3 Å². The third kappa shape index (κ3) is 2.25. The van der Waals surface area contributed by atoms with E-state index in [0.29, 0.717) is 17.4 Å². The Hall–Kier alpha value is -2.11. The minimum atomic E-state index is -1.23. The highest BCUT2D eigenvalue weighted by molar-refractivity contribution is 5.67. The molecule has 0 saturated heterocycles. The van der Waals surface area contributed by atoms with Gasteiger partial charge >= 0.3 is 0 Å². The molecule has 0 aliphatic rings. The summed E-state index contributed by atoms with van der Waals surface area (Å²) in [4.78, 5) is 0. The minimum absolute atomic E-state index is 0.102. The summed E-state index contributed by atoms with van der Waals surface area (Å²) in [5.74, 6) is -2.65. The average molecular weight is 267 g/mol. The first-order valence-corrected chi connectivity index (χ1v) is 5.62. The fraction of sp³-hybridized carbons (Fsp3) is 0.231. The van der Waals surface area contributed by atoms with E-state index < -0.39 is 17.5 Å². The third-order valence-electron chi connectivity index (χ3n) is 3.02. The first-order valence-electron chi connectivity index (χ1n) is 5.62. The van der Waals surface area contributed by atoms with E-state index in [1.165, 1.54) is 0 Å². The Balaban J connectivity index is 2.66. The van der Waals surface area contributed by atoms with Crippen molar-refractivity contribution in [1.82, 2.24) is 10.2 Å². The molecule has 0 aliphatic carbocycles. The molecule has 0 saturated carbocycles. The van der Waals surface area contributed by atoms with Crippen molar-refractivity contribution in [3.63, 3.8) is 0 Å². The molecule has 0 atom stereocenters. The van der Waals surface area contributed by atoms with Gasteiger partial charge in [0.05, 0.1) is 5.69 Å². The molecule has 19 heavy (non-hydrogen) atoms. The topological polar surface area (TPSA) is 37.8 Å². The van der Waals surface area contributed by atoms with E-state index in [-0.39, 0.29) is 11.3 Å². The van der Waals surface area contributed by atoms with Gasteiger partial charge in [0.15, 0.2) is 17.5 Å². The van der Waals surface area contributed by atoms with Crippen LogP contribution < -0.4 is 5.32 Å². The van der Waals surface area contributed by atoms with Gasteiger partial charge in [-0.1, -0.05) is 0 Å². The second kappa shape index (κ2) is 4.87. The lowest BCUT2D eigenvalue weighted by Crippen LogP contribution is -2.04. The van der Waals surface area contributed by atoms with Crippen molar-refractivity contribution in [2.45, 2.75) is 13.8 Å². The van der Waals surface area contributed by atoms with Crippen LogP contribution in [0.1, 0.15) is 11.1 Å². The number of anilines is 1. The molecule has 100 valence electrons. The fourth-order valence-corrected chi connectivity index (χ4v) is 1.80. The maximum Gasteiger partial charge on any atom is 0.161 e. The fourth-order valence-electron chi connectivity index (χ4n) is 1.80. The molecular weight excluding hydrogens is 255 g/mol. The summed E-state index contributed by atoms with van der Waals surface area (Å²) in [6.07, 6.45) is 0. The van der Waals surface area contributed by atoms with Crippen molar-refractivity contribution < 1.29 is 13.2 Å². The summed E-state index contributed by atoms with van der Waals surface area (Å²) in [5.41, 5.74) is 1.53. The number of hydrogen-bond donors (Lipinski definition) is 1. The van der Waals surface area contributed by atoms with Crippen molar-refractivity contribution in [2.75, 3.05) is 12.4 Å². The van der Waals surface area contributed by atoms with E-state index in [1.807, 2.05) is 0 Å². The summed E-state index contributed by atoms with van der Waals surface area (Å²) >= 11 is 0. The Morgan fingerprint density at radius 2 is 1.53 bits per heavy atom. The molecule has 0 radical (unpaired) electrons. The van der Waals surface area contributed by atoms with Crippen LogP contribution in [-0.2, 0) is 0 Å². The summed E-state index contributed by atoms with van der Waals surface area (Å²) < 4.78 is 39.9. The normalized spacial score (nSPS) is 10.6. The third-order valence-corrected chi connectivity index (χ3v) is 3.02. The largest absolute Gasteiger partial charge is 0.371 e. The predicted octanol–water partition coefficient (Wildman–Crippen LogP) is 3.22. The van der Waals surface area contributed by atoms with Crippen molar-refractivity contribution in [1.29, 1.82) is 0 Å². The SMILES string of the molecule is CNc1nnc(-c2cc(F)c(F)cc2F)c(C)c1C. The Bertz CT molecular complexity index is 642. The zero-order valence-electron chi connectivity index (χ0n) is 10.7. The van der Waals surface area contributed by atoms with Gasteiger partial charge in [0.2, 0.25) is 0 Å². The van der Waals surface area contributed by atoms with Gasteiger partial charge in [0.1, 0.15) is 5.82 Å². The summed E-state index contributed by atoms with van der Waals surface area (Å²) in [7, 11) is 1.69. The van der Waals surface area contributed by atoms with Gasteiger partial charge in [-0.05, 0) is 31.0 Å². The standard InChI is InChI=1S/C13H12F3N3/c1-6-7(2)13(17-3)19-18-12(6)8-4-10(15)11(16)5-9(8)14/h4-5H,1-3H3,(H,17,19). The second-order valence-corrected chi connectivity index (χ2v) is 4.14. The van der Waals surface area contributed by atoms with E-state index in [1.54, 1.807) is 20.9 Å². The van der Waals surface area contributed by atoms with Crippen LogP contribution in [0, 0.1) is 31.3 Å². The predicted molar refractivity (Wildman–Crippen MR) is 66.4 cm³/mol. The van der Waals surface area contributed by atoms with Crippen LogP contribution >= 0.6 is 0 Å². The Kier molecular flexibility index (Phi) is 3.42. The first-order chi connectivity index (χ1) is 8.95. The molecule has 1 aromatic carbocycles. The molecular formula is C13H12F3N3. The van der Waals surface area contributed by atoms with Crippen LogP contribution in [0.25, 0.3) is 11.3 Å². The van der Waals surface area contributed by atoms with Crippen molar-refractivity contribution >= 4 is 5.82 Å². The molecule has 2 aromatic rings. The maximum atomic E-state index is 13.7. The summed E-state index contributed by atoms with van der Waals surface area (Å²) in [6, 6.07) is 1.30. The van der Waals surface area contributed by atoms with E-state index in [4.69, 9.17) is 0 Å². The van der Waals surface area contributed by atoms with Crippen molar-refractivity contribution in [2.24, 2.45) is 0 Å². The van der Waals surface area contributed by atoms with Gasteiger partial charge < -0.3 is 5.32 Å². The molecule has 0 bridgehead atoms. The van der Waals surface area contributed by atoms with Gasteiger partial charge in [0.25, 0.3) is 0 Å². The monoisotopic (exact) mass is 267 g/mol. The van der Waals surface area contributed by atoms with Crippen LogP contribution in [0.15, 0.2) is 12.1 Å². The van der Waals surface area contributed by atoms with E-state index in [0.717, 1.165) is 11.6 Å². The lowest BCUT2D eigenvalue weighted by atomic mass is 10.0. The minimum Gasteiger partial charge on any atom is -0.371 e. The number of nitrogens with zero attached hydrogens (tertiary/aromatic N) is 2. The zero-order chi connectivity index (χ0) is 14.2. The highest BCUT2D eigenvalue weighted by Gasteiger charge is 2.17. The van der Waals surface area contributed by atoms with Gasteiger partial charge in [-0.25, -0.2) is 13.2 Å². The first kappa shape index (κ1) is 13.3.